The summed E-state index contributed by atoms with van der Waals surface area (Å²) in [7, 11) is -1.90. The van der Waals surface area contributed by atoms with Crippen LogP contribution in [0.25, 0.3) is 0 Å². The molecule has 2 saturated heterocycles. The van der Waals surface area contributed by atoms with E-state index in [9.17, 15) is 13.2 Å². The van der Waals surface area contributed by atoms with Crippen molar-refractivity contribution in [2.75, 3.05) is 7.05 Å². The molecule has 1 aromatic rings. The Labute approximate surface area is 142 Å². The molecule has 3 rings (SSSR count). The molecule has 2 bridgehead atoms. The van der Waals surface area contributed by atoms with Crippen molar-refractivity contribution in [3.05, 3.63) is 29.8 Å². The Morgan fingerprint density at radius 3 is 2.17 bits per heavy atom. The molecule has 2 heterocycles. The molecule has 0 aromatic heterocycles. The first kappa shape index (κ1) is 18.2. The van der Waals surface area contributed by atoms with Crippen LogP contribution in [0, 0.1) is 0 Å². The number of halogens is 1. The molecule has 1 aromatic carbocycles. The van der Waals surface area contributed by atoms with E-state index in [4.69, 9.17) is 5.73 Å². The SMILES string of the molecule is CN(C1CC2CCC(C1)N2)S(=O)(=O)c1ccc(C(N)=O)cc1.Cl. The molecule has 2 fully saturated rings. The highest BCUT2D eigenvalue weighted by molar-refractivity contribution is 7.89. The Balaban J connectivity index is 0.00000192. The van der Waals surface area contributed by atoms with Gasteiger partial charge in [-0.1, -0.05) is 0 Å². The van der Waals surface area contributed by atoms with E-state index in [0.29, 0.717) is 17.6 Å². The molecule has 1 amide bonds. The molecule has 128 valence electrons. The molecule has 0 saturated carbocycles. The number of benzene rings is 1. The second kappa shape index (κ2) is 6.76. The van der Waals surface area contributed by atoms with Gasteiger partial charge < -0.3 is 11.1 Å². The predicted octanol–water partition coefficient (Wildman–Crippen LogP) is 1.11. The number of sulfonamides is 1. The zero-order valence-corrected chi connectivity index (χ0v) is 14.6. The van der Waals surface area contributed by atoms with Gasteiger partial charge in [-0.05, 0) is 49.9 Å². The third kappa shape index (κ3) is 3.52. The van der Waals surface area contributed by atoms with Gasteiger partial charge in [0.25, 0.3) is 0 Å². The third-order valence-electron chi connectivity index (χ3n) is 4.78. The number of hydrogen-bond acceptors (Lipinski definition) is 4. The number of nitrogens with one attached hydrogen (secondary N) is 1. The lowest BCUT2D eigenvalue weighted by Gasteiger charge is -2.34. The number of piperidine rings is 1. The maximum atomic E-state index is 12.7. The van der Waals surface area contributed by atoms with E-state index in [2.05, 4.69) is 5.32 Å². The van der Waals surface area contributed by atoms with Crippen LogP contribution in [0.2, 0.25) is 0 Å². The van der Waals surface area contributed by atoms with Crippen LogP contribution >= 0.6 is 12.4 Å². The topological polar surface area (TPSA) is 92.5 Å². The monoisotopic (exact) mass is 359 g/mol. The number of nitrogens with zero attached hydrogens (tertiary/aromatic N) is 1. The van der Waals surface area contributed by atoms with Gasteiger partial charge >= 0.3 is 0 Å². The van der Waals surface area contributed by atoms with Gasteiger partial charge in [-0.15, -0.1) is 12.4 Å². The summed E-state index contributed by atoms with van der Waals surface area (Å²) in [5, 5.41) is 3.51. The summed E-state index contributed by atoms with van der Waals surface area (Å²) in [6.45, 7) is 0. The summed E-state index contributed by atoms with van der Waals surface area (Å²) in [5.74, 6) is -0.563. The zero-order chi connectivity index (χ0) is 15.9. The maximum Gasteiger partial charge on any atom is 0.248 e. The minimum absolute atomic E-state index is 0. The normalized spacial score (nSPS) is 26.8. The molecule has 0 radical (unpaired) electrons. The number of amides is 1. The van der Waals surface area contributed by atoms with Gasteiger partial charge in [0, 0.05) is 30.7 Å². The molecule has 6 nitrogen and oxygen atoms in total. The minimum atomic E-state index is -3.55. The van der Waals surface area contributed by atoms with Crippen LogP contribution in [0.15, 0.2) is 29.2 Å². The summed E-state index contributed by atoms with van der Waals surface area (Å²) in [5.41, 5.74) is 5.49. The molecule has 23 heavy (non-hydrogen) atoms. The van der Waals surface area contributed by atoms with Crippen LogP contribution in [-0.4, -0.2) is 43.8 Å². The Kier molecular flexibility index (Phi) is 5.35. The van der Waals surface area contributed by atoms with E-state index in [0.717, 1.165) is 25.7 Å². The number of primary amides is 1. The summed E-state index contributed by atoms with van der Waals surface area (Å²) in [6.07, 6.45) is 3.96. The van der Waals surface area contributed by atoms with Crippen LogP contribution in [-0.2, 0) is 10.0 Å². The van der Waals surface area contributed by atoms with E-state index < -0.39 is 15.9 Å². The van der Waals surface area contributed by atoms with Gasteiger partial charge in [-0.3, -0.25) is 4.79 Å². The van der Waals surface area contributed by atoms with Crippen molar-refractivity contribution < 1.29 is 13.2 Å². The van der Waals surface area contributed by atoms with Crippen LogP contribution in [0.5, 0.6) is 0 Å². The molecular weight excluding hydrogens is 338 g/mol. The van der Waals surface area contributed by atoms with Crippen LogP contribution < -0.4 is 11.1 Å². The lowest BCUT2D eigenvalue weighted by molar-refractivity contribution is 0.1000. The molecular formula is C15H22ClN3O3S. The van der Waals surface area contributed by atoms with E-state index in [-0.39, 0.29) is 23.3 Å². The van der Waals surface area contributed by atoms with Crippen molar-refractivity contribution in [1.82, 2.24) is 9.62 Å². The lowest BCUT2D eigenvalue weighted by Crippen LogP contribution is -2.48. The Morgan fingerprint density at radius 2 is 1.70 bits per heavy atom. The summed E-state index contributed by atoms with van der Waals surface area (Å²) < 4.78 is 27.0. The second-order valence-electron chi connectivity index (χ2n) is 6.17. The lowest BCUT2D eigenvalue weighted by atomic mass is 10.0. The zero-order valence-electron chi connectivity index (χ0n) is 12.9. The number of fused-ring (bicyclic) bond motifs is 2. The highest BCUT2D eigenvalue weighted by Gasteiger charge is 2.38. The van der Waals surface area contributed by atoms with Crippen molar-refractivity contribution in [2.24, 2.45) is 5.73 Å². The van der Waals surface area contributed by atoms with Crippen molar-refractivity contribution in [3.63, 3.8) is 0 Å². The van der Waals surface area contributed by atoms with E-state index >= 15 is 0 Å². The first-order valence-electron chi connectivity index (χ1n) is 7.52. The third-order valence-corrected chi connectivity index (χ3v) is 6.70. The largest absolute Gasteiger partial charge is 0.366 e. The Bertz CT molecular complexity index is 666. The molecule has 3 N–H and O–H groups in total. The first-order chi connectivity index (χ1) is 10.4. The van der Waals surface area contributed by atoms with Crippen LogP contribution in [0.4, 0.5) is 0 Å². The number of carbonyl (C=O) groups excluding carboxylic acids is 1. The van der Waals surface area contributed by atoms with Crippen molar-refractivity contribution in [3.8, 4) is 0 Å². The van der Waals surface area contributed by atoms with Crippen LogP contribution in [0.3, 0.4) is 0 Å². The smallest absolute Gasteiger partial charge is 0.248 e. The van der Waals surface area contributed by atoms with E-state index in [1.165, 1.54) is 28.6 Å². The fourth-order valence-corrected chi connectivity index (χ4v) is 4.85. The van der Waals surface area contributed by atoms with Gasteiger partial charge in [0.2, 0.25) is 15.9 Å². The van der Waals surface area contributed by atoms with Gasteiger partial charge in [0.1, 0.15) is 0 Å². The highest BCUT2D eigenvalue weighted by atomic mass is 35.5. The first-order valence-corrected chi connectivity index (χ1v) is 8.96. The van der Waals surface area contributed by atoms with Crippen molar-refractivity contribution in [2.45, 2.75) is 48.7 Å². The number of nitrogens with two attached hydrogens (primary N) is 1. The van der Waals surface area contributed by atoms with E-state index in [1.54, 1.807) is 7.05 Å². The quantitative estimate of drug-likeness (QED) is 0.842. The average Bonchev–Trinajstić information content (AvgIpc) is 2.84. The standard InChI is InChI=1S/C15H21N3O3S.ClH/c1-18(13-8-11-4-5-12(9-13)17-11)22(20,21)14-6-2-10(3-7-14)15(16)19;/h2-3,6-7,11-13,17H,4-5,8-9H2,1H3,(H2,16,19);1H. The molecule has 2 aliphatic heterocycles. The number of rotatable bonds is 4. The fourth-order valence-electron chi connectivity index (χ4n) is 3.48. The van der Waals surface area contributed by atoms with E-state index in [1.807, 2.05) is 0 Å². The number of hydrogen-bond donors (Lipinski definition) is 2. The van der Waals surface area contributed by atoms with Crippen LogP contribution in [0.1, 0.15) is 36.0 Å². The minimum Gasteiger partial charge on any atom is -0.366 e. The maximum absolute atomic E-state index is 12.7. The van der Waals surface area contributed by atoms with Gasteiger partial charge in [-0.2, -0.15) is 4.31 Å². The molecule has 8 heteroatoms. The Hall–Kier alpha value is -1.15. The summed E-state index contributed by atoms with van der Waals surface area (Å²) >= 11 is 0. The van der Waals surface area contributed by atoms with Crippen molar-refractivity contribution >= 4 is 28.3 Å². The summed E-state index contributed by atoms with van der Waals surface area (Å²) in [4.78, 5) is 11.3. The highest BCUT2D eigenvalue weighted by Crippen LogP contribution is 2.31. The van der Waals surface area contributed by atoms with Gasteiger partial charge in [0.05, 0.1) is 4.90 Å². The summed E-state index contributed by atoms with van der Waals surface area (Å²) in [6, 6.07) is 6.69. The second-order valence-corrected chi connectivity index (χ2v) is 8.17. The molecule has 2 atom stereocenters. The predicted molar refractivity (Wildman–Crippen MR) is 90.1 cm³/mol. The molecule has 2 unspecified atom stereocenters. The number of carbonyl (C=O) groups is 1. The van der Waals surface area contributed by atoms with Gasteiger partial charge in [0.15, 0.2) is 0 Å². The molecule has 0 aliphatic carbocycles. The Morgan fingerprint density at radius 1 is 1.17 bits per heavy atom. The van der Waals surface area contributed by atoms with Gasteiger partial charge in [-0.25, -0.2) is 8.42 Å². The van der Waals surface area contributed by atoms with Crippen molar-refractivity contribution in [1.29, 1.82) is 0 Å². The average molecular weight is 360 g/mol. The molecule has 0 spiro atoms. The molecule has 2 aliphatic rings. The fraction of sp³-hybridized carbons (Fsp3) is 0.533.